The predicted octanol–water partition coefficient (Wildman–Crippen LogP) is 1.61. The van der Waals surface area contributed by atoms with Gasteiger partial charge in [-0.1, -0.05) is 0 Å². The van der Waals surface area contributed by atoms with E-state index < -0.39 is 5.60 Å². The Morgan fingerprint density at radius 2 is 2.07 bits per heavy atom. The van der Waals surface area contributed by atoms with Crippen molar-refractivity contribution in [2.24, 2.45) is 0 Å². The minimum Gasteiger partial charge on any atom is -0.444 e. The molecule has 0 heterocycles. The summed E-state index contributed by atoms with van der Waals surface area (Å²) in [7, 11) is 2.09. The minimum atomic E-state index is -0.410. The molecule has 0 aliphatic heterocycles. The molecule has 1 N–H and O–H groups in total. The van der Waals surface area contributed by atoms with Crippen LogP contribution in [0, 0.1) is 0 Å². The molecule has 0 spiro atoms. The number of carbonyl (C=O) groups excluding carboxylic acids is 1. The van der Waals surface area contributed by atoms with Gasteiger partial charge >= 0.3 is 6.09 Å². The van der Waals surface area contributed by atoms with Crippen molar-refractivity contribution in [1.29, 1.82) is 0 Å². The van der Waals surface area contributed by atoms with E-state index in [9.17, 15) is 4.79 Å². The lowest BCUT2D eigenvalue weighted by Crippen LogP contribution is -2.37. The number of nitrogens with one attached hydrogen (secondary N) is 1. The fraction of sp³-hybridized carbons (Fsp3) is 0.909. The van der Waals surface area contributed by atoms with Crippen molar-refractivity contribution in [3.8, 4) is 0 Å². The molecule has 4 nitrogen and oxygen atoms in total. The Hall–Kier alpha value is -0.770. The second kappa shape index (κ2) is 4.84. The highest BCUT2D eigenvalue weighted by Crippen LogP contribution is 2.24. The van der Waals surface area contributed by atoms with Crippen LogP contribution < -0.4 is 5.32 Å². The molecule has 0 unspecified atom stereocenters. The van der Waals surface area contributed by atoms with Gasteiger partial charge in [0.15, 0.2) is 0 Å². The van der Waals surface area contributed by atoms with Gasteiger partial charge in [0.1, 0.15) is 5.60 Å². The Bertz CT molecular complexity index is 219. The first-order chi connectivity index (χ1) is 6.88. The summed E-state index contributed by atoms with van der Waals surface area (Å²) < 4.78 is 5.13. The Morgan fingerprint density at radius 3 is 2.53 bits per heavy atom. The van der Waals surface area contributed by atoms with Gasteiger partial charge < -0.3 is 15.0 Å². The number of amides is 1. The van der Waals surface area contributed by atoms with Gasteiger partial charge in [-0.05, 0) is 40.7 Å². The van der Waals surface area contributed by atoms with Gasteiger partial charge in [0, 0.05) is 19.1 Å². The Morgan fingerprint density at radius 1 is 1.47 bits per heavy atom. The monoisotopic (exact) mass is 214 g/mol. The highest BCUT2D eigenvalue weighted by molar-refractivity contribution is 5.67. The summed E-state index contributed by atoms with van der Waals surface area (Å²) in [5.74, 6) is 0. The van der Waals surface area contributed by atoms with Crippen molar-refractivity contribution < 1.29 is 9.53 Å². The maximum absolute atomic E-state index is 11.3. The van der Waals surface area contributed by atoms with Gasteiger partial charge in [-0.3, -0.25) is 0 Å². The molecule has 1 aliphatic carbocycles. The van der Waals surface area contributed by atoms with Gasteiger partial charge in [0.2, 0.25) is 0 Å². The largest absolute Gasteiger partial charge is 0.444 e. The predicted molar refractivity (Wildman–Crippen MR) is 59.9 cm³/mol. The lowest BCUT2D eigenvalue weighted by atomic mass is 10.2. The lowest BCUT2D eigenvalue weighted by Gasteiger charge is -2.21. The van der Waals surface area contributed by atoms with E-state index in [4.69, 9.17) is 4.74 Å². The van der Waals surface area contributed by atoms with E-state index >= 15 is 0 Å². The molecule has 1 saturated carbocycles. The first-order valence-electron chi connectivity index (χ1n) is 5.55. The molecule has 88 valence electrons. The summed E-state index contributed by atoms with van der Waals surface area (Å²) in [6.07, 6.45) is 2.26. The van der Waals surface area contributed by atoms with E-state index in [1.54, 1.807) is 0 Å². The summed E-state index contributed by atoms with van der Waals surface area (Å²) in [4.78, 5) is 13.5. The van der Waals surface area contributed by atoms with Gasteiger partial charge in [0.25, 0.3) is 0 Å². The summed E-state index contributed by atoms with van der Waals surface area (Å²) >= 11 is 0. The SMILES string of the molecule is CN(CCNC(=O)OC(C)(C)C)C1CC1. The zero-order chi connectivity index (χ0) is 11.5. The van der Waals surface area contributed by atoms with E-state index in [0.29, 0.717) is 6.54 Å². The number of hydrogen-bond acceptors (Lipinski definition) is 3. The number of carbonyl (C=O) groups is 1. The van der Waals surface area contributed by atoms with Crippen LogP contribution in [-0.2, 0) is 4.74 Å². The molecular weight excluding hydrogens is 192 g/mol. The van der Waals surface area contributed by atoms with E-state index in [2.05, 4.69) is 17.3 Å². The molecule has 0 radical (unpaired) electrons. The summed E-state index contributed by atoms with van der Waals surface area (Å²) in [6.45, 7) is 7.14. The minimum absolute atomic E-state index is 0.327. The van der Waals surface area contributed by atoms with Crippen LogP contribution in [0.15, 0.2) is 0 Å². The van der Waals surface area contributed by atoms with Gasteiger partial charge in [-0.15, -0.1) is 0 Å². The molecule has 1 aliphatic rings. The molecule has 0 aromatic rings. The molecule has 4 heteroatoms. The first kappa shape index (κ1) is 12.3. The number of hydrogen-bond donors (Lipinski definition) is 1. The molecule has 0 atom stereocenters. The van der Waals surface area contributed by atoms with Crippen molar-refractivity contribution in [1.82, 2.24) is 10.2 Å². The third-order valence-corrected chi connectivity index (χ3v) is 2.30. The number of rotatable bonds is 4. The molecule has 0 aromatic heterocycles. The topological polar surface area (TPSA) is 41.6 Å². The van der Waals surface area contributed by atoms with Crippen molar-refractivity contribution in [3.63, 3.8) is 0 Å². The lowest BCUT2D eigenvalue weighted by molar-refractivity contribution is 0.0523. The van der Waals surface area contributed by atoms with Crippen molar-refractivity contribution in [3.05, 3.63) is 0 Å². The maximum atomic E-state index is 11.3. The smallest absolute Gasteiger partial charge is 0.407 e. The average Bonchev–Trinajstić information content (AvgIpc) is 2.81. The average molecular weight is 214 g/mol. The molecule has 1 amide bonds. The number of ether oxygens (including phenoxy) is 1. The molecular formula is C11H22N2O2. The van der Waals surface area contributed by atoms with Gasteiger partial charge in [0.05, 0.1) is 0 Å². The highest BCUT2D eigenvalue weighted by atomic mass is 16.6. The highest BCUT2D eigenvalue weighted by Gasteiger charge is 2.25. The van der Waals surface area contributed by atoms with Crippen LogP contribution in [0.1, 0.15) is 33.6 Å². The second-order valence-electron chi connectivity index (χ2n) is 5.14. The molecule has 0 aromatic carbocycles. The molecule has 15 heavy (non-hydrogen) atoms. The summed E-state index contributed by atoms with van der Waals surface area (Å²) in [6, 6.07) is 0.741. The van der Waals surface area contributed by atoms with E-state index in [1.165, 1.54) is 12.8 Å². The van der Waals surface area contributed by atoms with Crippen molar-refractivity contribution in [2.75, 3.05) is 20.1 Å². The zero-order valence-electron chi connectivity index (χ0n) is 10.2. The zero-order valence-corrected chi connectivity index (χ0v) is 10.2. The Labute approximate surface area is 92.0 Å². The number of nitrogens with zero attached hydrogens (tertiary/aromatic N) is 1. The first-order valence-corrected chi connectivity index (χ1v) is 5.55. The quantitative estimate of drug-likeness (QED) is 0.773. The van der Waals surface area contributed by atoms with Gasteiger partial charge in [-0.25, -0.2) is 4.79 Å². The van der Waals surface area contributed by atoms with Crippen LogP contribution >= 0.6 is 0 Å². The van der Waals surface area contributed by atoms with Crippen LogP contribution in [0.3, 0.4) is 0 Å². The molecule has 0 bridgehead atoms. The third-order valence-electron chi connectivity index (χ3n) is 2.30. The van der Waals surface area contributed by atoms with Crippen molar-refractivity contribution in [2.45, 2.75) is 45.3 Å². The van der Waals surface area contributed by atoms with E-state index in [-0.39, 0.29) is 6.09 Å². The van der Waals surface area contributed by atoms with E-state index in [0.717, 1.165) is 12.6 Å². The molecule has 1 rings (SSSR count). The summed E-state index contributed by atoms with van der Waals surface area (Å²) in [5.41, 5.74) is -0.410. The molecule has 1 fully saturated rings. The number of likely N-dealkylation sites (N-methyl/N-ethyl adjacent to an activating group) is 1. The Balaban J connectivity index is 2.06. The van der Waals surface area contributed by atoms with E-state index in [1.807, 2.05) is 20.8 Å². The fourth-order valence-electron chi connectivity index (χ4n) is 1.35. The number of alkyl carbamates (subject to hydrolysis) is 1. The van der Waals surface area contributed by atoms with Crippen LogP contribution in [0.4, 0.5) is 4.79 Å². The van der Waals surface area contributed by atoms with Crippen LogP contribution in [0.25, 0.3) is 0 Å². The maximum Gasteiger partial charge on any atom is 0.407 e. The fourth-order valence-corrected chi connectivity index (χ4v) is 1.35. The van der Waals surface area contributed by atoms with Crippen molar-refractivity contribution >= 4 is 6.09 Å². The normalized spacial score (nSPS) is 16.6. The standard InChI is InChI=1S/C11H22N2O2/c1-11(2,3)15-10(14)12-7-8-13(4)9-5-6-9/h9H,5-8H2,1-4H3,(H,12,14). The third kappa shape index (κ3) is 5.62. The Kier molecular flexibility index (Phi) is 3.97. The molecule has 0 saturated heterocycles. The van der Waals surface area contributed by atoms with Crippen LogP contribution in [0.2, 0.25) is 0 Å². The van der Waals surface area contributed by atoms with Crippen LogP contribution in [-0.4, -0.2) is 42.8 Å². The van der Waals surface area contributed by atoms with Gasteiger partial charge in [-0.2, -0.15) is 0 Å². The summed E-state index contributed by atoms with van der Waals surface area (Å²) in [5, 5.41) is 2.75. The second-order valence-corrected chi connectivity index (χ2v) is 5.14. The van der Waals surface area contributed by atoms with Crippen LogP contribution in [0.5, 0.6) is 0 Å².